The first-order valence-corrected chi connectivity index (χ1v) is 8.86. The van der Waals surface area contributed by atoms with E-state index in [1.165, 1.54) is 0 Å². The van der Waals surface area contributed by atoms with Crippen LogP contribution in [0, 0.1) is 0 Å². The molecule has 1 unspecified atom stereocenters. The second kappa shape index (κ2) is 9.82. The van der Waals surface area contributed by atoms with Gasteiger partial charge in [0.1, 0.15) is 5.75 Å². The summed E-state index contributed by atoms with van der Waals surface area (Å²) in [6.45, 7) is 5.64. The molecular weight excluding hydrogens is 328 g/mol. The van der Waals surface area contributed by atoms with Crippen LogP contribution in [0.2, 0.25) is 0 Å². The highest BCUT2D eigenvalue weighted by atomic mass is 16.5. The van der Waals surface area contributed by atoms with Gasteiger partial charge in [-0.1, -0.05) is 42.5 Å². The Balaban J connectivity index is 2.01. The van der Waals surface area contributed by atoms with Gasteiger partial charge in [-0.3, -0.25) is 0 Å². The lowest BCUT2D eigenvalue weighted by Gasteiger charge is -2.27. The lowest BCUT2D eigenvalue weighted by molar-refractivity contribution is 0.133. The van der Waals surface area contributed by atoms with Crippen molar-refractivity contribution in [2.24, 2.45) is 0 Å². The van der Waals surface area contributed by atoms with Crippen molar-refractivity contribution in [3.05, 3.63) is 65.2 Å². The normalized spacial score (nSPS) is 11.7. The molecule has 1 N–H and O–H groups in total. The summed E-state index contributed by atoms with van der Waals surface area (Å²) in [6.07, 6.45) is 0. The minimum Gasteiger partial charge on any atom is -0.496 e. The average molecular weight is 356 g/mol. The van der Waals surface area contributed by atoms with Gasteiger partial charge in [0, 0.05) is 25.8 Å². The van der Waals surface area contributed by atoms with E-state index in [2.05, 4.69) is 5.32 Å². The van der Waals surface area contributed by atoms with Crippen LogP contribution in [0.5, 0.6) is 5.75 Å². The van der Waals surface area contributed by atoms with Gasteiger partial charge in [-0.25, -0.2) is 4.79 Å². The van der Waals surface area contributed by atoms with Gasteiger partial charge in [-0.2, -0.15) is 0 Å². The molecule has 0 saturated heterocycles. The van der Waals surface area contributed by atoms with Gasteiger partial charge in [-0.15, -0.1) is 0 Å². The second-order valence-electron chi connectivity index (χ2n) is 6.09. The quantitative estimate of drug-likeness (QED) is 0.773. The van der Waals surface area contributed by atoms with Gasteiger partial charge in [0.25, 0.3) is 0 Å². The number of carbonyl (C=O) groups is 1. The fraction of sp³-hybridized carbons (Fsp3) is 0.381. The van der Waals surface area contributed by atoms with Crippen LogP contribution in [0.25, 0.3) is 0 Å². The first-order valence-electron chi connectivity index (χ1n) is 8.86. The maximum Gasteiger partial charge on any atom is 0.317 e. The smallest absolute Gasteiger partial charge is 0.317 e. The van der Waals surface area contributed by atoms with E-state index in [4.69, 9.17) is 9.47 Å². The van der Waals surface area contributed by atoms with E-state index in [-0.39, 0.29) is 12.1 Å². The molecule has 5 nitrogen and oxygen atoms in total. The fourth-order valence-corrected chi connectivity index (χ4v) is 2.77. The number of amides is 2. The van der Waals surface area contributed by atoms with Gasteiger partial charge < -0.3 is 19.7 Å². The third-order valence-electron chi connectivity index (χ3n) is 4.50. The first kappa shape index (κ1) is 19.8. The van der Waals surface area contributed by atoms with Crippen LogP contribution in [0.15, 0.2) is 48.5 Å². The van der Waals surface area contributed by atoms with Crippen LogP contribution >= 0.6 is 0 Å². The summed E-state index contributed by atoms with van der Waals surface area (Å²) < 4.78 is 10.9. The topological polar surface area (TPSA) is 50.8 Å². The largest absolute Gasteiger partial charge is 0.496 e. The zero-order chi connectivity index (χ0) is 18.9. The van der Waals surface area contributed by atoms with Crippen molar-refractivity contribution in [2.45, 2.75) is 33.0 Å². The number of ether oxygens (including phenoxy) is 2. The molecule has 2 amide bonds. The molecule has 0 spiro atoms. The van der Waals surface area contributed by atoms with Crippen molar-refractivity contribution < 1.29 is 14.3 Å². The van der Waals surface area contributed by atoms with Crippen LogP contribution in [0.3, 0.4) is 0 Å². The Morgan fingerprint density at radius 3 is 2.46 bits per heavy atom. The minimum absolute atomic E-state index is 0.107. The summed E-state index contributed by atoms with van der Waals surface area (Å²) in [4.78, 5) is 14.3. The van der Waals surface area contributed by atoms with Crippen molar-refractivity contribution in [1.82, 2.24) is 10.2 Å². The van der Waals surface area contributed by atoms with Gasteiger partial charge in [0.05, 0.1) is 19.8 Å². The van der Waals surface area contributed by atoms with E-state index < -0.39 is 0 Å². The first-order chi connectivity index (χ1) is 12.6. The SMILES string of the molecule is CCOCc1ccccc1CNC(=O)N(C)C(C)c1ccccc1OC. The number of para-hydroxylation sites is 1. The van der Waals surface area contributed by atoms with E-state index in [0.717, 1.165) is 22.4 Å². The van der Waals surface area contributed by atoms with Crippen LogP contribution in [-0.4, -0.2) is 31.7 Å². The number of benzene rings is 2. The molecule has 0 aromatic heterocycles. The van der Waals surface area contributed by atoms with Crippen LogP contribution in [0.4, 0.5) is 4.79 Å². The van der Waals surface area contributed by atoms with Crippen molar-refractivity contribution >= 4 is 6.03 Å². The van der Waals surface area contributed by atoms with E-state index in [0.29, 0.717) is 19.8 Å². The zero-order valence-electron chi connectivity index (χ0n) is 16.0. The number of nitrogens with one attached hydrogen (secondary N) is 1. The number of carbonyl (C=O) groups excluding carboxylic acids is 1. The molecule has 0 bridgehead atoms. The Labute approximate surface area is 155 Å². The molecule has 0 saturated carbocycles. The predicted molar refractivity (Wildman–Crippen MR) is 103 cm³/mol. The molecule has 1 atom stereocenters. The number of rotatable bonds is 8. The molecule has 0 heterocycles. The number of methoxy groups -OCH3 is 1. The molecule has 2 rings (SSSR count). The lowest BCUT2D eigenvalue weighted by atomic mass is 10.1. The van der Waals surface area contributed by atoms with E-state index in [9.17, 15) is 4.79 Å². The Bertz CT molecular complexity index is 718. The highest BCUT2D eigenvalue weighted by molar-refractivity contribution is 5.74. The third kappa shape index (κ3) is 4.99. The number of hydrogen-bond donors (Lipinski definition) is 1. The standard InChI is InChI=1S/C21H28N2O3/c1-5-26-15-18-11-7-6-10-17(18)14-22-21(24)23(3)16(2)19-12-8-9-13-20(19)25-4/h6-13,16H,5,14-15H2,1-4H3,(H,22,24). The summed E-state index contributed by atoms with van der Waals surface area (Å²) in [7, 11) is 3.43. The summed E-state index contributed by atoms with van der Waals surface area (Å²) in [6, 6.07) is 15.5. The van der Waals surface area contributed by atoms with Gasteiger partial charge in [-0.05, 0) is 31.0 Å². The predicted octanol–water partition coefficient (Wildman–Crippen LogP) is 4.13. The maximum atomic E-state index is 12.6. The molecular formula is C21H28N2O3. The molecule has 0 aliphatic rings. The Morgan fingerprint density at radius 1 is 1.12 bits per heavy atom. The summed E-state index contributed by atoms with van der Waals surface area (Å²) in [5.74, 6) is 0.779. The van der Waals surface area contributed by atoms with Crippen molar-refractivity contribution in [1.29, 1.82) is 0 Å². The zero-order valence-corrected chi connectivity index (χ0v) is 16.0. The average Bonchev–Trinajstić information content (AvgIpc) is 2.69. The number of hydrogen-bond acceptors (Lipinski definition) is 3. The van der Waals surface area contributed by atoms with Gasteiger partial charge in [0.2, 0.25) is 0 Å². The van der Waals surface area contributed by atoms with E-state index in [1.807, 2.05) is 62.4 Å². The van der Waals surface area contributed by atoms with Crippen LogP contribution < -0.4 is 10.1 Å². The maximum absolute atomic E-state index is 12.6. The van der Waals surface area contributed by atoms with Gasteiger partial charge >= 0.3 is 6.03 Å². The highest BCUT2D eigenvalue weighted by Crippen LogP contribution is 2.28. The highest BCUT2D eigenvalue weighted by Gasteiger charge is 2.20. The molecule has 0 aliphatic carbocycles. The Morgan fingerprint density at radius 2 is 1.77 bits per heavy atom. The third-order valence-corrected chi connectivity index (χ3v) is 4.50. The lowest BCUT2D eigenvalue weighted by Crippen LogP contribution is -2.38. The summed E-state index contributed by atoms with van der Waals surface area (Å²) in [5, 5.41) is 2.99. The van der Waals surface area contributed by atoms with Crippen LogP contribution in [-0.2, 0) is 17.9 Å². The molecule has 0 aliphatic heterocycles. The van der Waals surface area contributed by atoms with Crippen molar-refractivity contribution in [3.63, 3.8) is 0 Å². The number of urea groups is 1. The van der Waals surface area contributed by atoms with Crippen molar-refractivity contribution in [3.8, 4) is 5.75 Å². The monoisotopic (exact) mass is 356 g/mol. The number of nitrogens with zero attached hydrogens (tertiary/aromatic N) is 1. The van der Waals surface area contributed by atoms with Gasteiger partial charge in [0.15, 0.2) is 0 Å². The molecule has 140 valence electrons. The molecule has 2 aromatic carbocycles. The molecule has 2 aromatic rings. The van der Waals surface area contributed by atoms with E-state index >= 15 is 0 Å². The summed E-state index contributed by atoms with van der Waals surface area (Å²) >= 11 is 0. The molecule has 0 radical (unpaired) electrons. The summed E-state index contributed by atoms with van der Waals surface area (Å²) in [5.41, 5.74) is 3.13. The van der Waals surface area contributed by atoms with Crippen molar-refractivity contribution in [2.75, 3.05) is 20.8 Å². The molecule has 5 heteroatoms. The Hall–Kier alpha value is -2.53. The Kier molecular flexibility index (Phi) is 7.48. The van der Waals surface area contributed by atoms with E-state index in [1.54, 1.807) is 19.1 Å². The second-order valence-corrected chi connectivity index (χ2v) is 6.09. The fourth-order valence-electron chi connectivity index (χ4n) is 2.77. The van der Waals surface area contributed by atoms with Crippen LogP contribution in [0.1, 0.15) is 36.6 Å². The molecule has 26 heavy (non-hydrogen) atoms. The molecule has 0 fully saturated rings. The minimum atomic E-state index is -0.130.